The third-order valence-corrected chi connectivity index (χ3v) is 16.5. The summed E-state index contributed by atoms with van der Waals surface area (Å²) < 4.78 is 8.05. The Morgan fingerprint density at radius 2 is 1.29 bits per heavy atom. The summed E-state index contributed by atoms with van der Waals surface area (Å²) in [7, 11) is 0. The van der Waals surface area contributed by atoms with Crippen molar-refractivity contribution in [1.29, 1.82) is 0 Å². The number of nitrogens with two attached hydrogens (primary N) is 1. The van der Waals surface area contributed by atoms with E-state index in [1.54, 1.807) is 12.1 Å². The van der Waals surface area contributed by atoms with Crippen LogP contribution in [0.4, 0.5) is 16.3 Å². The van der Waals surface area contributed by atoms with Crippen molar-refractivity contribution in [2.45, 2.75) is 69.9 Å². The number of nitrogens with one attached hydrogen (secondary N) is 2. The Bertz CT molecular complexity index is 2700. The van der Waals surface area contributed by atoms with Crippen LogP contribution in [0.2, 0.25) is 0 Å². The molecule has 7 aliphatic rings. The van der Waals surface area contributed by atoms with Gasteiger partial charge in [0, 0.05) is 89.7 Å². The minimum Gasteiger partial charge on any atom is -0.457 e. The average molecular weight is 980 g/mol. The number of piperazine rings is 1. The Labute approximate surface area is 419 Å². The molecular formula is C54H65N11O7. The molecular weight excluding hydrogens is 915 g/mol. The summed E-state index contributed by atoms with van der Waals surface area (Å²) in [6.45, 7) is 11.4. The zero-order valence-electron chi connectivity index (χ0n) is 40.9. The molecule has 0 saturated carbocycles. The number of hydrogen-bond acceptors (Lipinski definition) is 12. The predicted octanol–water partition coefficient (Wildman–Crippen LogP) is 5.28. The van der Waals surface area contributed by atoms with E-state index in [1.807, 2.05) is 65.3 Å². The molecule has 18 heteroatoms. The van der Waals surface area contributed by atoms with Gasteiger partial charge in [0.25, 0.3) is 17.7 Å². The van der Waals surface area contributed by atoms with Gasteiger partial charge in [-0.2, -0.15) is 5.10 Å². The van der Waals surface area contributed by atoms with Gasteiger partial charge in [-0.05, 0) is 137 Å². The van der Waals surface area contributed by atoms with Crippen molar-refractivity contribution in [2.24, 2.45) is 23.5 Å². The highest BCUT2D eigenvalue weighted by Crippen LogP contribution is 2.41. The second-order valence-corrected chi connectivity index (χ2v) is 20.8. The number of nitrogens with zero attached hydrogens (tertiary/aromatic N) is 8. The number of urea groups is 1. The SMILES string of the molecule is NC(=O)c1c(-c2ccc(Oc3ccccc3)cc2)nn2c1NCCC2C1CCN(CC2CCN(C(=O)N3CCC(CN4CCN(c5ccc6c(c5)C(=O)N(C5CCC(=O)NC5=O)C6=O)CC4)CC3)CC2)CC1. The quantitative estimate of drug-likeness (QED) is 0.165. The fraction of sp³-hybridized carbons (Fsp3) is 0.500. The molecule has 0 radical (unpaired) electrons. The number of ether oxygens (including phenoxy) is 1. The molecule has 5 fully saturated rings. The van der Waals surface area contributed by atoms with E-state index in [2.05, 4.69) is 35.1 Å². The Hall–Kier alpha value is -6.79. The maximum Gasteiger partial charge on any atom is 0.319 e. The third kappa shape index (κ3) is 9.65. The number of imide groups is 2. The Kier molecular flexibility index (Phi) is 13.5. The van der Waals surface area contributed by atoms with Crippen LogP contribution in [0.3, 0.4) is 0 Å². The summed E-state index contributed by atoms with van der Waals surface area (Å²) in [5.41, 5.74) is 9.35. The molecule has 2 atom stereocenters. The van der Waals surface area contributed by atoms with Gasteiger partial charge in [0.15, 0.2) is 0 Å². The van der Waals surface area contributed by atoms with Crippen LogP contribution in [0.25, 0.3) is 11.3 Å². The number of para-hydroxylation sites is 1. The number of carbonyl (C=O) groups excluding carboxylic acids is 6. The second-order valence-electron chi connectivity index (χ2n) is 20.8. The fourth-order valence-corrected chi connectivity index (χ4v) is 12.4. The van der Waals surface area contributed by atoms with Crippen molar-refractivity contribution in [2.75, 3.05) is 95.3 Å². The van der Waals surface area contributed by atoms with Crippen LogP contribution in [0.15, 0.2) is 72.8 Å². The fourth-order valence-electron chi connectivity index (χ4n) is 12.4. The topological polar surface area (TPSA) is 199 Å². The summed E-state index contributed by atoms with van der Waals surface area (Å²) in [6, 6.07) is 22.0. The van der Waals surface area contributed by atoms with Crippen LogP contribution in [0, 0.1) is 17.8 Å². The van der Waals surface area contributed by atoms with Crippen LogP contribution in [-0.4, -0.2) is 161 Å². The normalized spacial score (nSPS) is 22.9. The number of aromatic nitrogens is 2. The molecule has 2 unspecified atom stereocenters. The first-order valence-electron chi connectivity index (χ1n) is 26.1. The van der Waals surface area contributed by atoms with Crippen molar-refractivity contribution in [3.8, 4) is 22.8 Å². The Morgan fingerprint density at radius 1 is 0.667 bits per heavy atom. The number of carbonyl (C=O) groups is 6. The lowest BCUT2D eigenvalue weighted by Crippen LogP contribution is -2.54. The maximum absolute atomic E-state index is 13.8. The standard InChI is InChI=1S/C54H65N11O7/c55-49(67)47-48(38-6-9-41(10-7-38)72-40-4-2-1-3-5-40)58-65-44(14-21-56-50(47)65)37-19-22-59(23-20-37)33-35-15-24-62(25-16-35)54(71)63-26-17-36(18-27-63)34-60-28-30-61(31-29-60)39-8-11-42-43(32-39)53(70)64(52(42)69)45-12-13-46(66)57-51(45)68/h1-11,32,35-37,44-45,56H,12-31,33-34H2,(H2,55,67)(H,57,66,68). The highest BCUT2D eigenvalue weighted by atomic mass is 16.5. The van der Waals surface area contributed by atoms with Gasteiger partial charge in [-0.25, -0.2) is 9.48 Å². The van der Waals surface area contributed by atoms with Crippen molar-refractivity contribution in [1.82, 2.24) is 39.6 Å². The molecule has 378 valence electrons. The minimum absolute atomic E-state index is 0.0895. The van der Waals surface area contributed by atoms with E-state index in [4.69, 9.17) is 15.6 Å². The first-order valence-corrected chi connectivity index (χ1v) is 26.1. The van der Waals surface area contributed by atoms with Gasteiger partial charge in [-0.1, -0.05) is 18.2 Å². The minimum atomic E-state index is -0.978. The monoisotopic (exact) mass is 980 g/mol. The molecule has 1 aromatic heterocycles. The molecule has 3 aromatic carbocycles. The molecule has 4 aromatic rings. The number of rotatable bonds is 11. The first-order chi connectivity index (χ1) is 35.0. The van der Waals surface area contributed by atoms with Crippen molar-refractivity contribution in [3.63, 3.8) is 0 Å². The Morgan fingerprint density at radius 3 is 1.93 bits per heavy atom. The van der Waals surface area contributed by atoms with Gasteiger partial charge in [0.05, 0.1) is 17.2 Å². The lowest BCUT2D eigenvalue weighted by Gasteiger charge is -2.42. The summed E-state index contributed by atoms with van der Waals surface area (Å²) >= 11 is 0. The van der Waals surface area contributed by atoms with E-state index in [1.165, 1.54) is 0 Å². The van der Waals surface area contributed by atoms with Crippen molar-refractivity contribution < 1.29 is 33.5 Å². The molecule has 7 amide bonds. The number of amides is 7. The third-order valence-electron chi connectivity index (χ3n) is 16.5. The lowest BCUT2D eigenvalue weighted by molar-refractivity contribution is -0.136. The van der Waals surface area contributed by atoms with Gasteiger partial charge < -0.3 is 35.4 Å². The van der Waals surface area contributed by atoms with E-state index < -0.39 is 35.6 Å². The average Bonchev–Trinajstić information content (AvgIpc) is 3.92. The van der Waals surface area contributed by atoms with Crippen LogP contribution < -0.4 is 26.0 Å². The van der Waals surface area contributed by atoms with Crippen molar-refractivity contribution >= 4 is 47.1 Å². The number of benzene rings is 3. The van der Waals surface area contributed by atoms with Crippen LogP contribution in [0.1, 0.15) is 94.9 Å². The number of fused-ring (bicyclic) bond motifs is 2. The molecule has 0 bridgehead atoms. The number of piperidine rings is 4. The molecule has 7 aliphatic heterocycles. The van der Waals surface area contributed by atoms with E-state index in [0.29, 0.717) is 45.9 Å². The van der Waals surface area contributed by atoms with E-state index in [-0.39, 0.29) is 24.9 Å². The molecule has 5 saturated heterocycles. The van der Waals surface area contributed by atoms with E-state index in [0.717, 1.165) is 158 Å². The molecule has 72 heavy (non-hydrogen) atoms. The Balaban J connectivity index is 0.601. The number of anilines is 2. The first kappa shape index (κ1) is 47.5. The highest BCUT2D eigenvalue weighted by Gasteiger charge is 2.45. The summed E-state index contributed by atoms with van der Waals surface area (Å²) in [4.78, 5) is 89.9. The summed E-state index contributed by atoms with van der Waals surface area (Å²) in [5, 5.41) is 10.8. The van der Waals surface area contributed by atoms with Gasteiger partial charge in [0.2, 0.25) is 11.8 Å². The van der Waals surface area contributed by atoms with Gasteiger partial charge in [-0.3, -0.25) is 39.1 Å². The maximum atomic E-state index is 13.8. The van der Waals surface area contributed by atoms with Crippen LogP contribution in [0.5, 0.6) is 11.5 Å². The molecule has 8 heterocycles. The van der Waals surface area contributed by atoms with E-state index in [9.17, 15) is 28.8 Å². The van der Waals surface area contributed by atoms with Gasteiger partial charge in [-0.15, -0.1) is 0 Å². The number of likely N-dealkylation sites (tertiary alicyclic amines) is 3. The van der Waals surface area contributed by atoms with Crippen LogP contribution in [-0.2, 0) is 9.59 Å². The lowest BCUT2D eigenvalue weighted by atomic mass is 9.86. The number of hydrogen-bond donors (Lipinski definition) is 3. The van der Waals surface area contributed by atoms with Crippen molar-refractivity contribution in [3.05, 3.63) is 89.5 Å². The summed E-state index contributed by atoms with van der Waals surface area (Å²) in [5.74, 6) is 1.26. The molecule has 11 rings (SSSR count). The highest BCUT2D eigenvalue weighted by molar-refractivity contribution is 6.23. The van der Waals surface area contributed by atoms with E-state index >= 15 is 0 Å². The van der Waals surface area contributed by atoms with Crippen LogP contribution >= 0.6 is 0 Å². The largest absolute Gasteiger partial charge is 0.457 e. The molecule has 18 nitrogen and oxygen atoms in total. The predicted molar refractivity (Wildman–Crippen MR) is 270 cm³/mol. The summed E-state index contributed by atoms with van der Waals surface area (Å²) in [6.07, 6.45) is 7.34. The second kappa shape index (κ2) is 20.4. The van der Waals surface area contributed by atoms with Gasteiger partial charge >= 0.3 is 6.03 Å². The zero-order chi connectivity index (χ0) is 49.5. The van der Waals surface area contributed by atoms with Gasteiger partial charge in [0.1, 0.15) is 34.6 Å². The number of primary amides is 1. The molecule has 0 spiro atoms. The smallest absolute Gasteiger partial charge is 0.319 e. The molecule has 0 aliphatic carbocycles. The zero-order valence-corrected chi connectivity index (χ0v) is 40.9. The molecule has 4 N–H and O–H groups in total.